The summed E-state index contributed by atoms with van der Waals surface area (Å²) in [5.41, 5.74) is 2.02. The zero-order valence-corrected chi connectivity index (χ0v) is 18.8. The van der Waals surface area contributed by atoms with Gasteiger partial charge in [0.1, 0.15) is 0 Å². The lowest BCUT2D eigenvalue weighted by Gasteiger charge is -2.26. The number of Topliss-reactive ketones (excluding diaryl/α,β-unsaturated/α-hetero) is 1. The molecule has 0 aliphatic carbocycles. The van der Waals surface area contributed by atoms with E-state index in [0.717, 1.165) is 0 Å². The van der Waals surface area contributed by atoms with Crippen LogP contribution in [0.25, 0.3) is 0 Å². The number of carbonyl (C=O) groups is 2. The third-order valence-electron chi connectivity index (χ3n) is 5.38. The van der Waals surface area contributed by atoms with E-state index < -0.39 is 10.0 Å². The van der Waals surface area contributed by atoms with Crippen molar-refractivity contribution < 1.29 is 22.7 Å². The molecule has 8 heteroatoms. The van der Waals surface area contributed by atoms with Crippen molar-refractivity contribution in [3.8, 4) is 0 Å². The molecule has 33 heavy (non-hydrogen) atoms. The molecule has 7 nitrogen and oxygen atoms in total. The molecule has 3 aromatic rings. The van der Waals surface area contributed by atoms with E-state index in [1.807, 2.05) is 6.07 Å². The van der Waals surface area contributed by atoms with E-state index in [0.29, 0.717) is 48.7 Å². The average Bonchev–Trinajstić information content (AvgIpc) is 2.88. The summed E-state index contributed by atoms with van der Waals surface area (Å²) in [5.74, 6) is -0.361. The molecule has 1 heterocycles. The highest BCUT2D eigenvalue weighted by Crippen LogP contribution is 2.19. The minimum absolute atomic E-state index is 0.0377. The Balaban J connectivity index is 1.44. The van der Waals surface area contributed by atoms with Crippen molar-refractivity contribution in [3.63, 3.8) is 0 Å². The molecule has 1 aliphatic rings. The molecular weight excluding hydrogens is 440 g/mol. The Kier molecular flexibility index (Phi) is 6.98. The fourth-order valence-electron chi connectivity index (χ4n) is 3.58. The van der Waals surface area contributed by atoms with E-state index in [9.17, 15) is 18.0 Å². The van der Waals surface area contributed by atoms with Gasteiger partial charge in [-0.2, -0.15) is 4.31 Å². The zero-order chi connectivity index (χ0) is 23.3. The zero-order valence-electron chi connectivity index (χ0n) is 17.9. The van der Waals surface area contributed by atoms with Crippen LogP contribution in [-0.2, 0) is 14.8 Å². The molecule has 0 amide bonds. The van der Waals surface area contributed by atoms with Crippen molar-refractivity contribution in [1.29, 1.82) is 0 Å². The Morgan fingerprint density at radius 1 is 0.818 bits per heavy atom. The highest BCUT2D eigenvalue weighted by molar-refractivity contribution is 7.89. The largest absolute Gasteiger partial charge is 0.379 e. The van der Waals surface area contributed by atoms with Gasteiger partial charge in [-0.3, -0.25) is 9.59 Å². The predicted octanol–water partition coefficient (Wildman–Crippen LogP) is 3.23. The van der Waals surface area contributed by atoms with E-state index >= 15 is 0 Å². The maximum Gasteiger partial charge on any atom is 0.243 e. The van der Waals surface area contributed by atoms with Crippen LogP contribution in [0.4, 0.5) is 5.69 Å². The van der Waals surface area contributed by atoms with Gasteiger partial charge in [-0.05, 0) is 24.3 Å². The second kappa shape index (κ2) is 10.1. The number of morpholine rings is 1. The Bertz CT molecular complexity index is 1250. The van der Waals surface area contributed by atoms with Crippen molar-refractivity contribution in [2.75, 3.05) is 38.2 Å². The molecule has 0 atom stereocenters. The number of anilines is 1. The molecule has 1 N–H and O–H groups in total. The quantitative estimate of drug-likeness (QED) is 0.515. The van der Waals surface area contributed by atoms with Crippen LogP contribution in [0.3, 0.4) is 0 Å². The number of nitrogens with one attached hydrogen (secondary N) is 1. The molecule has 0 saturated carbocycles. The van der Waals surface area contributed by atoms with E-state index in [1.54, 1.807) is 60.7 Å². The van der Waals surface area contributed by atoms with Gasteiger partial charge in [0.05, 0.1) is 24.7 Å². The van der Waals surface area contributed by atoms with Gasteiger partial charge in [-0.15, -0.1) is 0 Å². The average molecular weight is 465 g/mol. The van der Waals surface area contributed by atoms with Crippen LogP contribution in [0.15, 0.2) is 83.8 Å². The number of rotatable bonds is 8. The van der Waals surface area contributed by atoms with Crippen LogP contribution in [-0.4, -0.2) is 57.1 Å². The highest BCUT2D eigenvalue weighted by atomic mass is 32.2. The Morgan fingerprint density at radius 3 is 2.24 bits per heavy atom. The first-order valence-electron chi connectivity index (χ1n) is 10.6. The predicted molar refractivity (Wildman–Crippen MR) is 125 cm³/mol. The fraction of sp³-hybridized carbons (Fsp3) is 0.200. The van der Waals surface area contributed by atoms with Gasteiger partial charge in [-0.25, -0.2) is 8.42 Å². The summed E-state index contributed by atoms with van der Waals surface area (Å²) in [6.07, 6.45) is 0. The molecule has 170 valence electrons. The molecule has 3 aromatic carbocycles. The summed E-state index contributed by atoms with van der Waals surface area (Å²) in [5, 5.41) is 3.03. The number of sulfonamides is 1. The minimum Gasteiger partial charge on any atom is -0.379 e. The first-order valence-corrected chi connectivity index (χ1v) is 12.0. The van der Waals surface area contributed by atoms with Gasteiger partial charge < -0.3 is 10.1 Å². The third-order valence-corrected chi connectivity index (χ3v) is 7.27. The summed E-state index contributed by atoms with van der Waals surface area (Å²) < 4.78 is 32.3. The fourth-order valence-corrected chi connectivity index (χ4v) is 5.03. The number of hydrogen-bond acceptors (Lipinski definition) is 6. The van der Waals surface area contributed by atoms with Gasteiger partial charge in [0.15, 0.2) is 11.6 Å². The van der Waals surface area contributed by atoms with Crippen LogP contribution < -0.4 is 5.32 Å². The molecule has 1 aliphatic heterocycles. The van der Waals surface area contributed by atoms with Crippen LogP contribution in [0.5, 0.6) is 0 Å². The molecule has 0 radical (unpaired) electrons. The summed E-state index contributed by atoms with van der Waals surface area (Å²) >= 11 is 0. The topological polar surface area (TPSA) is 92.8 Å². The van der Waals surface area contributed by atoms with Crippen molar-refractivity contribution in [1.82, 2.24) is 4.31 Å². The molecule has 1 fully saturated rings. The number of ketones is 2. The van der Waals surface area contributed by atoms with Crippen LogP contribution in [0.2, 0.25) is 0 Å². The number of carbonyl (C=O) groups excluding carboxylic acids is 2. The smallest absolute Gasteiger partial charge is 0.243 e. The van der Waals surface area contributed by atoms with Gasteiger partial charge in [-0.1, -0.05) is 54.6 Å². The van der Waals surface area contributed by atoms with E-state index in [4.69, 9.17) is 4.74 Å². The van der Waals surface area contributed by atoms with E-state index in [2.05, 4.69) is 5.32 Å². The summed E-state index contributed by atoms with van der Waals surface area (Å²) in [4.78, 5) is 25.5. The van der Waals surface area contributed by atoms with Gasteiger partial charge in [0.2, 0.25) is 10.0 Å². The standard InChI is InChI=1S/C25H24N2O5S/c28-24(20-8-5-11-23(17-20)33(30,31)27-12-14-32-15-13-27)18-26-22-10-4-9-21(16-22)25(29)19-6-2-1-3-7-19/h1-11,16-17,26H,12-15,18H2. The second-order valence-electron chi connectivity index (χ2n) is 7.60. The lowest BCUT2D eigenvalue weighted by atomic mass is 10.0. The first-order chi connectivity index (χ1) is 15.9. The molecule has 4 rings (SSSR count). The maximum atomic E-state index is 12.9. The summed E-state index contributed by atoms with van der Waals surface area (Å²) in [7, 11) is -3.68. The monoisotopic (exact) mass is 464 g/mol. The SMILES string of the molecule is O=C(CNc1cccc(C(=O)c2ccccc2)c1)c1cccc(S(=O)(=O)N2CCOCC2)c1. The minimum atomic E-state index is -3.68. The number of ether oxygens (including phenoxy) is 1. The molecule has 1 saturated heterocycles. The third kappa shape index (κ3) is 5.36. The Hall–Kier alpha value is -3.33. The normalized spacial score (nSPS) is 14.5. The maximum absolute atomic E-state index is 12.9. The number of nitrogens with zero attached hydrogens (tertiary/aromatic N) is 1. The summed E-state index contributed by atoms with van der Waals surface area (Å²) in [6.45, 7) is 1.26. The van der Waals surface area contributed by atoms with Gasteiger partial charge >= 0.3 is 0 Å². The molecule has 0 unspecified atom stereocenters. The van der Waals surface area contributed by atoms with Gasteiger partial charge in [0.25, 0.3) is 0 Å². The lowest BCUT2D eigenvalue weighted by molar-refractivity contribution is 0.0730. The molecule has 0 bridgehead atoms. The second-order valence-corrected chi connectivity index (χ2v) is 9.53. The highest BCUT2D eigenvalue weighted by Gasteiger charge is 2.26. The van der Waals surface area contributed by atoms with Crippen molar-refractivity contribution >= 4 is 27.3 Å². The van der Waals surface area contributed by atoms with Crippen molar-refractivity contribution in [3.05, 3.63) is 95.6 Å². The number of hydrogen-bond donors (Lipinski definition) is 1. The van der Waals surface area contributed by atoms with Crippen LogP contribution in [0.1, 0.15) is 26.3 Å². The summed E-state index contributed by atoms with van der Waals surface area (Å²) in [6, 6.07) is 22.0. The van der Waals surface area contributed by atoms with Crippen LogP contribution >= 0.6 is 0 Å². The number of benzene rings is 3. The molecule has 0 spiro atoms. The Morgan fingerprint density at radius 2 is 1.48 bits per heavy atom. The lowest BCUT2D eigenvalue weighted by Crippen LogP contribution is -2.40. The van der Waals surface area contributed by atoms with E-state index in [1.165, 1.54) is 16.4 Å². The van der Waals surface area contributed by atoms with Crippen molar-refractivity contribution in [2.24, 2.45) is 0 Å². The van der Waals surface area contributed by atoms with Gasteiger partial charge in [0, 0.05) is 35.5 Å². The Labute approximate surface area is 193 Å². The van der Waals surface area contributed by atoms with Crippen molar-refractivity contribution in [2.45, 2.75) is 4.90 Å². The van der Waals surface area contributed by atoms with E-state index in [-0.39, 0.29) is 23.0 Å². The molecule has 0 aromatic heterocycles. The first kappa shape index (κ1) is 22.8. The van der Waals surface area contributed by atoms with Crippen LogP contribution in [0, 0.1) is 0 Å². The molecular formula is C25H24N2O5S.